The van der Waals surface area contributed by atoms with Gasteiger partial charge in [0.25, 0.3) is 0 Å². The van der Waals surface area contributed by atoms with E-state index in [9.17, 15) is 0 Å². The SMILES string of the molecule is CCCNCC1(c2cccc(C)c2)CCC1. The van der Waals surface area contributed by atoms with E-state index in [-0.39, 0.29) is 0 Å². The summed E-state index contributed by atoms with van der Waals surface area (Å²) in [4.78, 5) is 0. The van der Waals surface area contributed by atoms with E-state index in [4.69, 9.17) is 0 Å². The van der Waals surface area contributed by atoms with E-state index in [1.54, 1.807) is 5.56 Å². The summed E-state index contributed by atoms with van der Waals surface area (Å²) in [6.07, 6.45) is 5.33. The first-order chi connectivity index (χ1) is 7.77. The van der Waals surface area contributed by atoms with E-state index >= 15 is 0 Å². The van der Waals surface area contributed by atoms with Crippen molar-refractivity contribution in [2.75, 3.05) is 13.1 Å². The Labute approximate surface area is 99.3 Å². The highest BCUT2D eigenvalue weighted by Gasteiger charge is 2.37. The summed E-state index contributed by atoms with van der Waals surface area (Å²) in [6.45, 7) is 6.72. The normalized spacial score (nSPS) is 18.1. The fourth-order valence-electron chi connectivity index (χ4n) is 2.65. The van der Waals surface area contributed by atoms with Gasteiger partial charge in [-0.1, -0.05) is 43.2 Å². The molecule has 0 saturated heterocycles. The van der Waals surface area contributed by atoms with Crippen LogP contribution in [0.3, 0.4) is 0 Å². The maximum Gasteiger partial charge on any atom is 0.00779 e. The fourth-order valence-corrected chi connectivity index (χ4v) is 2.65. The molecule has 0 aliphatic heterocycles. The van der Waals surface area contributed by atoms with E-state index in [1.807, 2.05) is 0 Å². The van der Waals surface area contributed by atoms with Crippen molar-refractivity contribution in [2.24, 2.45) is 0 Å². The van der Waals surface area contributed by atoms with E-state index in [2.05, 4.69) is 43.4 Å². The maximum absolute atomic E-state index is 3.60. The summed E-state index contributed by atoms with van der Waals surface area (Å²) in [5, 5.41) is 3.60. The predicted molar refractivity (Wildman–Crippen MR) is 69.9 cm³/mol. The molecule has 0 unspecified atom stereocenters. The number of nitrogens with one attached hydrogen (secondary N) is 1. The Morgan fingerprint density at radius 3 is 2.69 bits per heavy atom. The van der Waals surface area contributed by atoms with Gasteiger partial charge in [-0.25, -0.2) is 0 Å². The lowest BCUT2D eigenvalue weighted by atomic mass is 9.64. The number of aryl methyl sites for hydroxylation is 1. The average molecular weight is 217 g/mol. The smallest absolute Gasteiger partial charge is 0.00779 e. The summed E-state index contributed by atoms with van der Waals surface area (Å²) in [6, 6.07) is 9.06. The third-order valence-electron chi connectivity index (χ3n) is 3.83. The summed E-state index contributed by atoms with van der Waals surface area (Å²) in [5.41, 5.74) is 3.38. The van der Waals surface area contributed by atoms with Gasteiger partial charge in [0.1, 0.15) is 0 Å². The van der Waals surface area contributed by atoms with Crippen LogP contribution in [0.4, 0.5) is 0 Å². The van der Waals surface area contributed by atoms with Gasteiger partial charge in [-0.05, 0) is 38.3 Å². The van der Waals surface area contributed by atoms with Crippen molar-refractivity contribution in [2.45, 2.75) is 44.9 Å². The molecule has 1 N–H and O–H groups in total. The second-order valence-electron chi connectivity index (χ2n) is 5.18. The molecule has 0 amide bonds. The Hall–Kier alpha value is -0.820. The molecule has 0 spiro atoms. The lowest BCUT2D eigenvalue weighted by Crippen LogP contribution is -2.44. The van der Waals surface area contributed by atoms with Gasteiger partial charge in [-0.2, -0.15) is 0 Å². The van der Waals surface area contributed by atoms with Crippen LogP contribution < -0.4 is 5.32 Å². The molecule has 1 nitrogen and oxygen atoms in total. The monoisotopic (exact) mass is 217 g/mol. The van der Waals surface area contributed by atoms with Crippen LogP contribution in [0.25, 0.3) is 0 Å². The third-order valence-corrected chi connectivity index (χ3v) is 3.83. The van der Waals surface area contributed by atoms with Crippen LogP contribution >= 0.6 is 0 Å². The number of benzene rings is 1. The molecule has 16 heavy (non-hydrogen) atoms. The summed E-state index contributed by atoms with van der Waals surface area (Å²) in [5.74, 6) is 0. The highest BCUT2D eigenvalue weighted by Crippen LogP contribution is 2.43. The molecule has 1 aliphatic carbocycles. The molecule has 0 heterocycles. The van der Waals surface area contributed by atoms with Crippen molar-refractivity contribution in [3.63, 3.8) is 0 Å². The minimum atomic E-state index is 0.446. The van der Waals surface area contributed by atoms with Crippen LogP contribution in [0.15, 0.2) is 24.3 Å². The van der Waals surface area contributed by atoms with E-state index in [0.29, 0.717) is 5.41 Å². The molecule has 0 atom stereocenters. The van der Waals surface area contributed by atoms with Crippen LogP contribution in [-0.4, -0.2) is 13.1 Å². The Bertz CT molecular complexity index is 339. The topological polar surface area (TPSA) is 12.0 Å². The lowest BCUT2D eigenvalue weighted by Gasteiger charge is -2.43. The molecule has 1 heteroatoms. The number of hydrogen-bond acceptors (Lipinski definition) is 1. The molecule has 1 aromatic carbocycles. The first kappa shape index (κ1) is 11.7. The summed E-state index contributed by atoms with van der Waals surface area (Å²) in [7, 11) is 0. The van der Waals surface area contributed by atoms with Gasteiger partial charge in [-0.3, -0.25) is 0 Å². The van der Waals surface area contributed by atoms with Crippen molar-refractivity contribution in [1.82, 2.24) is 5.32 Å². The van der Waals surface area contributed by atoms with Gasteiger partial charge in [0.2, 0.25) is 0 Å². The predicted octanol–water partition coefficient (Wildman–Crippen LogP) is 3.42. The van der Waals surface area contributed by atoms with Gasteiger partial charge in [0, 0.05) is 12.0 Å². The molecule has 88 valence electrons. The van der Waals surface area contributed by atoms with Gasteiger partial charge in [0.05, 0.1) is 0 Å². The number of rotatable bonds is 5. The summed E-state index contributed by atoms with van der Waals surface area (Å²) >= 11 is 0. The lowest BCUT2D eigenvalue weighted by molar-refractivity contribution is 0.234. The Balaban J connectivity index is 2.08. The zero-order chi connectivity index (χ0) is 11.4. The Kier molecular flexibility index (Phi) is 3.65. The minimum Gasteiger partial charge on any atom is -0.316 e. The molecule has 0 aromatic heterocycles. The van der Waals surface area contributed by atoms with Crippen LogP contribution in [0, 0.1) is 6.92 Å². The largest absolute Gasteiger partial charge is 0.316 e. The van der Waals surface area contributed by atoms with Crippen molar-refractivity contribution >= 4 is 0 Å². The van der Waals surface area contributed by atoms with Crippen molar-refractivity contribution in [1.29, 1.82) is 0 Å². The molecular formula is C15H23N. The van der Waals surface area contributed by atoms with Gasteiger partial charge >= 0.3 is 0 Å². The van der Waals surface area contributed by atoms with E-state index in [1.165, 1.54) is 31.2 Å². The quantitative estimate of drug-likeness (QED) is 0.745. The highest BCUT2D eigenvalue weighted by molar-refractivity contribution is 5.32. The van der Waals surface area contributed by atoms with Crippen molar-refractivity contribution in [3.8, 4) is 0 Å². The average Bonchev–Trinajstić information content (AvgIpc) is 2.22. The molecule has 1 saturated carbocycles. The van der Waals surface area contributed by atoms with E-state index < -0.39 is 0 Å². The maximum atomic E-state index is 3.60. The second-order valence-corrected chi connectivity index (χ2v) is 5.18. The highest BCUT2D eigenvalue weighted by atomic mass is 14.9. The minimum absolute atomic E-state index is 0.446. The molecule has 1 aliphatic rings. The molecule has 0 bridgehead atoms. The Morgan fingerprint density at radius 2 is 2.12 bits per heavy atom. The third kappa shape index (κ3) is 2.30. The van der Waals surface area contributed by atoms with Crippen molar-refractivity contribution < 1.29 is 0 Å². The first-order valence-electron chi connectivity index (χ1n) is 6.55. The second kappa shape index (κ2) is 5.01. The Morgan fingerprint density at radius 1 is 1.31 bits per heavy atom. The van der Waals surface area contributed by atoms with E-state index in [0.717, 1.165) is 13.1 Å². The van der Waals surface area contributed by atoms with Gasteiger partial charge in [-0.15, -0.1) is 0 Å². The van der Waals surface area contributed by atoms with Crippen LogP contribution in [0.2, 0.25) is 0 Å². The van der Waals surface area contributed by atoms with Gasteiger partial charge in [0.15, 0.2) is 0 Å². The molecule has 1 aromatic rings. The zero-order valence-corrected chi connectivity index (χ0v) is 10.6. The van der Waals surface area contributed by atoms with Crippen molar-refractivity contribution in [3.05, 3.63) is 35.4 Å². The molecule has 0 radical (unpaired) electrons. The zero-order valence-electron chi connectivity index (χ0n) is 10.6. The fraction of sp³-hybridized carbons (Fsp3) is 0.600. The number of hydrogen-bond donors (Lipinski definition) is 1. The molecular weight excluding hydrogens is 194 g/mol. The van der Waals surface area contributed by atoms with Crippen LogP contribution in [0.1, 0.15) is 43.7 Å². The van der Waals surface area contributed by atoms with Gasteiger partial charge < -0.3 is 5.32 Å². The first-order valence-corrected chi connectivity index (χ1v) is 6.55. The molecule has 2 rings (SSSR count). The molecule has 1 fully saturated rings. The van der Waals surface area contributed by atoms with Crippen LogP contribution in [-0.2, 0) is 5.41 Å². The van der Waals surface area contributed by atoms with Crippen LogP contribution in [0.5, 0.6) is 0 Å². The standard InChI is InChI=1S/C15H23N/c1-3-10-16-12-15(8-5-9-15)14-7-4-6-13(2)11-14/h4,6-7,11,16H,3,5,8-10,12H2,1-2H3. The summed E-state index contributed by atoms with van der Waals surface area (Å²) < 4.78 is 0.